The van der Waals surface area contributed by atoms with Crippen LogP contribution in [0, 0.1) is 12.7 Å². The lowest BCUT2D eigenvalue weighted by molar-refractivity contribution is 0.629. The Labute approximate surface area is 128 Å². The molecule has 1 heterocycles. The van der Waals surface area contributed by atoms with Crippen molar-refractivity contribution in [2.24, 2.45) is 0 Å². The van der Waals surface area contributed by atoms with Crippen LogP contribution in [0.5, 0.6) is 0 Å². The molecule has 0 radical (unpaired) electrons. The van der Waals surface area contributed by atoms with Crippen molar-refractivity contribution in [1.29, 1.82) is 0 Å². The first kappa shape index (κ1) is 14.4. The van der Waals surface area contributed by atoms with Gasteiger partial charge in [0.25, 0.3) is 5.56 Å². The second-order valence-corrected chi connectivity index (χ2v) is 5.37. The number of halogens is 1. The maximum absolute atomic E-state index is 13.5. The molecule has 0 aliphatic heterocycles. The summed E-state index contributed by atoms with van der Waals surface area (Å²) in [6.07, 6.45) is 1.57. The maximum atomic E-state index is 13.5. The first-order valence-corrected chi connectivity index (χ1v) is 7.39. The molecule has 3 aromatic rings. The number of hydrogen-bond donors (Lipinski definition) is 0. The van der Waals surface area contributed by atoms with Crippen LogP contribution >= 0.6 is 0 Å². The highest BCUT2D eigenvalue weighted by Crippen LogP contribution is 2.17. The summed E-state index contributed by atoms with van der Waals surface area (Å²) in [6.45, 7) is 4.00. The molecular formula is C18H17FN2O. The fourth-order valence-corrected chi connectivity index (χ4v) is 2.66. The van der Waals surface area contributed by atoms with E-state index >= 15 is 0 Å². The molecule has 4 heteroatoms. The van der Waals surface area contributed by atoms with Crippen LogP contribution in [0.4, 0.5) is 4.39 Å². The van der Waals surface area contributed by atoms with Crippen molar-refractivity contribution in [3.8, 4) is 5.69 Å². The van der Waals surface area contributed by atoms with Crippen molar-refractivity contribution >= 4 is 10.9 Å². The number of fused-ring (bicyclic) bond motifs is 1. The van der Waals surface area contributed by atoms with Gasteiger partial charge < -0.3 is 0 Å². The number of aromatic nitrogens is 2. The lowest BCUT2D eigenvalue weighted by atomic mass is 10.1. The van der Waals surface area contributed by atoms with E-state index in [9.17, 15) is 9.18 Å². The highest BCUT2D eigenvalue weighted by atomic mass is 19.1. The van der Waals surface area contributed by atoms with Crippen LogP contribution in [0.1, 0.15) is 24.7 Å². The zero-order chi connectivity index (χ0) is 15.7. The Bertz CT molecular complexity index is 899. The summed E-state index contributed by atoms with van der Waals surface area (Å²) in [5.41, 5.74) is 2.11. The molecule has 0 fully saturated rings. The molecule has 1 aromatic heterocycles. The Hall–Kier alpha value is -2.49. The molecule has 0 amide bonds. The summed E-state index contributed by atoms with van der Waals surface area (Å²) in [7, 11) is 0. The molecule has 0 saturated carbocycles. The molecule has 0 unspecified atom stereocenters. The lowest BCUT2D eigenvalue weighted by Crippen LogP contribution is -2.24. The SMILES string of the molecule is CCCc1nc2ccc(F)cc2c(=O)n1-c1ccccc1C. The summed E-state index contributed by atoms with van der Waals surface area (Å²) in [5.74, 6) is 0.284. The standard InChI is InChI=1S/C18H17FN2O/c1-3-6-17-20-15-10-9-13(19)11-14(15)18(22)21(17)16-8-5-4-7-12(16)2/h4-5,7-11H,3,6H2,1-2H3. The average Bonchev–Trinajstić information content (AvgIpc) is 2.50. The van der Waals surface area contributed by atoms with Crippen LogP contribution in [-0.4, -0.2) is 9.55 Å². The molecule has 0 aliphatic rings. The van der Waals surface area contributed by atoms with Gasteiger partial charge in [-0.1, -0.05) is 25.1 Å². The third-order valence-electron chi connectivity index (χ3n) is 3.73. The minimum absolute atomic E-state index is 0.220. The number of hydrogen-bond acceptors (Lipinski definition) is 2. The molecule has 3 nitrogen and oxygen atoms in total. The maximum Gasteiger partial charge on any atom is 0.266 e. The molecule has 0 bridgehead atoms. The minimum atomic E-state index is -0.425. The van der Waals surface area contributed by atoms with Gasteiger partial charge in [0, 0.05) is 6.42 Å². The van der Waals surface area contributed by atoms with E-state index in [2.05, 4.69) is 4.98 Å². The van der Waals surface area contributed by atoms with Crippen LogP contribution in [0.2, 0.25) is 0 Å². The number of nitrogens with zero attached hydrogens (tertiary/aromatic N) is 2. The van der Waals surface area contributed by atoms with Gasteiger partial charge in [0.1, 0.15) is 11.6 Å². The Morgan fingerprint density at radius 2 is 1.95 bits per heavy atom. The van der Waals surface area contributed by atoms with Gasteiger partial charge in [-0.05, 0) is 43.2 Å². The van der Waals surface area contributed by atoms with Gasteiger partial charge in [-0.2, -0.15) is 0 Å². The summed E-state index contributed by atoms with van der Waals surface area (Å²) in [5, 5.41) is 0.308. The monoisotopic (exact) mass is 296 g/mol. The fraction of sp³-hybridized carbons (Fsp3) is 0.222. The molecule has 0 spiro atoms. The van der Waals surface area contributed by atoms with Gasteiger partial charge in [0.15, 0.2) is 0 Å². The number of para-hydroxylation sites is 1. The third kappa shape index (κ3) is 2.41. The van der Waals surface area contributed by atoms with Crippen LogP contribution < -0.4 is 5.56 Å². The van der Waals surface area contributed by atoms with Crippen LogP contribution in [0.3, 0.4) is 0 Å². The van der Waals surface area contributed by atoms with Crippen molar-refractivity contribution < 1.29 is 4.39 Å². The number of benzene rings is 2. The van der Waals surface area contributed by atoms with E-state index in [1.165, 1.54) is 12.1 Å². The van der Waals surface area contributed by atoms with Crippen molar-refractivity contribution in [3.63, 3.8) is 0 Å². The third-order valence-corrected chi connectivity index (χ3v) is 3.73. The quantitative estimate of drug-likeness (QED) is 0.737. The van der Waals surface area contributed by atoms with Crippen molar-refractivity contribution in [2.75, 3.05) is 0 Å². The molecule has 3 rings (SSSR count). The lowest BCUT2D eigenvalue weighted by Gasteiger charge is -2.15. The smallest absolute Gasteiger partial charge is 0.266 e. The van der Waals surface area contributed by atoms with Gasteiger partial charge in [-0.3, -0.25) is 9.36 Å². The van der Waals surface area contributed by atoms with Crippen molar-refractivity contribution in [2.45, 2.75) is 26.7 Å². The van der Waals surface area contributed by atoms with E-state index < -0.39 is 5.82 Å². The molecule has 22 heavy (non-hydrogen) atoms. The zero-order valence-corrected chi connectivity index (χ0v) is 12.6. The molecule has 112 valence electrons. The summed E-state index contributed by atoms with van der Waals surface area (Å²) >= 11 is 0. The second-order valence-electron chi connectivity index (χ2n) is 5.37. The molecule has 0 aliphatic carbocycles. The number of rotatable bonds is 3. The van der Waals surface area contributed by atoms with Gasteiger partial charge in [0.05, 0.1) is 16.6 Å². The Kier molecular flexibility index (Phi) is 3.75. The van der Waals surface area contributed by atoms with Crippen LogP contribution in [0.25, 0.3) is 16.6 Å². The van der Waals surface area contributed by atoms with E-state index in [4.69, 9.17) is 0 Å². The minimum Gasteiger partial charge on any atom is -0.268 e. The predicted molar refractivity (Wildman–Crippen MR) is 86.0 cm³/mol. The zero-order valence-electron chi connectivity index (χ0n) is 12.6. The van der Waals surface area contributed by atoms with Gasteiger partial charge in [-0.15, -0.1) is 0 Å². The Morgan fingerprint density at radius 3 is 2.68 bits per heavy atom. The van der Waals surface area contributed by atoms with E-state index in [0.29, 0.717) is 23.1 Å². The molecule has 0 atom stereocenters. The van der Waals surface area contributed by atoms with Crippen molar-refractivity contribution in [1.82, 2.24) is 9.55 Å². The molecule has 0 saturated heterocycles. The summed E-state index contributed by atoms with van der Waals surface area (Å²) in [6, 6.07) is 11.8. The van der Waals surface area contributed by atoms with Crippen molar-refractivity contribution in [3.05, 3.63) is 70.0 Å². The van der Waals surface area contributed by atoms with E-state index in [-0.39, 0.29) is 5.56 Å². The van der Waals surface area contributed by atoms with E-state index in [1.807, 2.05) is 38.1 Å². The Balaban J connectivity index is 2.41. The van der Waals surface area contributed by atoms with Crippen LogP contribution in [-0.2, 0) is 6.42 Å². The topological polar surface area (TPSA) is 34.9 Å². The Morgan fingerprint density at radius 1 is 1.18 bits per heavy atom. The molecule has 0 N–H and O–H groups in total. The fourth-order valence-electron chi connectivity index (χ4n) is 2.66. The highest BCUT2D eigenvalue weighted by Gasteiger charge is 2.14. The van der Waals surface area contributed by atoms with E-state index in [1.54, 1.807) is 10.6 Å². The highest BCUT2D eigenvalue weighted by molar-refractivity contribution is 5.78. The summed E-state index contributed by atoms with van der Waals surface area (Å²) in [4.78, 5) is 17.5. The second kappa shape index (κ2) is 5.72. The first-order valence-electron chi connectivity index (χ1n) is 7.39. The molecular weight excluding hydrogens is 279 g/mol. The van der Waals surface area contributed by atoms with Gasteiger partial charge >= 0.3 is 0 Å². The van der Waals surface area contributed by atoms with Crippen LogP contribution in [0.15, 0.2) is 47.3 Å². The normalized spacial score (nSPS) is 11.0. The molecule has 2 aromatic carbocycles. The first-order chi connectivity index (χ1) is 10.6. The predicted octanol–water partition coefficient (Wildman–Crippen LogP) is 3.79. The van der Waals surface area contributed by atoms with Gasteiger partial charge in [0.2, 0.25) is 0 Å². The van der Waals surface area contributed by atoms with Gasteiger partial charge in [-0.25, -0.2) is 9.37 Å². The largest absolute Gasteiger partial charge is 0.268 e. The number of aryl methyl sites for hydroxylation is 2. The average molecular weight is 296 g/mol. The van der Waals surface area contributed by atoms with E-state index in [0.717, 1.165) is 17.7 Å². The summed E-state index contributed by atoms with van der Waals surface area (Å²) < 4.78 is 15.1.